The van der Waals surface area contributed by atoms with Crippen LogP contribution in [0.5, 0.6) is 5.75 Å². The van der Waals surface area contributed by atoms with E-state index in [0.717, 1.165) is 16.9 Å². The number of thiophene rings is 1. The molecule has 6 nitrogen and oxygen atoms in total. The minimum atomic E-state index is -0.321. The maximum absolute atomic E-state index is 13.6. The molecule has 3 rings (SSSR count). The molecule has 1 atom stereocenters. The molecular weight excluding hydrogens is 446 g/mol. The number of methoxy groups -OCH3 is 1. The van der Waals surface area contributed by atoms with E-state index in [1.807, 2.05) is 61.2 Å². The smallest absolute Gasteiger partial charge is 0.322 e. The summed E-state index contributed by atoms with van der Waals surface area (Å²) in [6, 6.07) is 20.9. The Morgan fingerprint density at radius 3 is 2.35 bits per heavy atom. The lowest BCUT2D eigenvalue weighted by molar-refractivity contribution is -0.133. The summed E-state index contributed by atoms with van der Waals surface area (Å²) in [4.78, 5) is 32.6. The summed E-state index contributed by atoms with van der Waals surface area (Å²) in [5, 5.41) is 2.92. The van der Waals surface area contributed by atoms with Gasteiger partial charge in [0.1, 0.15) is 12.3 Å². The molecule has 0 fully saturated rings. The predicted molar refractivity (Wildman–Crippen MR) is 138 cm³/mol. The first kappa shape index (κ1) is 25.3. The molecule has 0 bridgehead atoms. The van der Waals surface area contributed by atoms with Gasteiger partial charge in [0.25, 0.3) is 0 Å². The van der Waals surface area contributed by atoms with Gasteiger partial charge < -0.3 is 19.9 Å². The van der Waals surface area contributed by atoms with Gasteiger partial charge in [-0.1, -0.05) is 49.4 Å². The van der Waals surface area contributed by atoms with E-state index in [-0.39, 0.29) is 24.5 Å². The third-order valence-electron chi connectivity index (χ3n) is 5.75. The molecule has 0 aliphatic rings. The van der Waals surface area contributed by atoms with Crippen LogP contribution in [-0.4, -0.2) is 41.4 Å². The summed E-state index contributed by atoms with van der Waals surface area (Å²) >= 11 is 1.69. The van der Waals surface area contributed by atoms with E-state index in [1.54, 1.807) is 35.5 Å². The molecule has 1 unspecified atom stereocenters. The molecule has 180 valence electrons. The SMILES string of the molecule is CCC(C)N(CC(=O)N(Cc1ccccc1)Cc1ccc(C)s1)C(=O)Nc1ccccc1OC. The first-order valence-corrected chi connectivity index (χ1v) is 12.3. The number of rotatable bonds is 10. The van der Waals surface area contributed by atoms with Crippen molar-refractivity contribution in [1.29, 1.82) is 0 Å². The Labute approximate surface area is 206 Å². The number of nitrogens with one attached hydrogen (secondary N) is 1. The monoisotopic (exact) mass is 479 g/mol. The molecule has 34 heavy (non-hydrogen) atoms. The van der Waals surface area contributed by atoms with Gasteiger partial charge in [0.15, 0.2) is 0 Å². The highest BCUT2D eigenvalue weighted by Crippen LogP contribution is 2.24. The molecule has 0 radical (unpaired) electrons. The Morgan fingerprint density at radius 1 is 1.00 bits per heavy atom. The number of para-hydroxylation sites is 2. The number of hydrogen-bond donors (Lipinski definition) is 1. The van der Waals surface area contributed by atoms with E-state index >= 15 is 0 Å². The van der Waals surface area contributed by atoms with E-state index in [0.29, 0.717) is 24.5 Å². The second kappa shape index (κ2) is 12.2. The van der Waals surface area contributed by atoms with E-state index in [9.17, 15) is 9.59 Å². The fourth-order valence-electron chi connectivity index (χ4n) is 3.62. The van der Waals surface area contributed by atoms with E-state index in [1.165, 1.54) is 4.88 Å². The molecule has 1 N–H and O–H groups in total. The third kappa shape index (κ3) is 6.84. The average molecular weight is 480 g/mol. The van der Waals surface area contributed by atoms with Crippen LogP contribution in [0, 0.1) is 6.92 Å². The van der Waals surface area contributed by atoms with Crippen molar-refractivity contribution < 1.29 is 14.3 Å². The van der Waals surface area contributed by atoms with E-state index in [4.69, 9.17) is 4.74 Å². The molecule has 0 aliphatic heterocycles. The number of ether oxygens (including phenoxy) is 1. The van der Waals surface area contributed by atoms with E-state index < -0.39 is 0 Å². The number of hydrogen-bond acceptors (Lipinski definition) is 4. The van der Waals surface area contributed by atoms with Gasteiger partial charge in [-0.25, -0.2) is 4.79 Å². The van der Waals surface area contributed by atoms with Gasteiger partial charge in [-0.05, 0) is 50.1 Å². The summed E-state index contributed by atoms with van der Waals surface area (Å²) in [6.07, 6.45) is 0.732. The van der Waals surface area contributed by atoms with Gasteiger partial charge in [0.2, 0.25) is 5.91 Å². The second-order valence-electron chi connectivity index (χ2n) is 8.26. The minimum absolute atomic E-state index is 0.00677. The Morgan fingerprint density at radius 2 is 1.71 bits per heavy atom. The zero-order chi connectivity index (χ0) is 24.5. The molecular formula is C27H33N3O3S. The number of anilines is 1. The standard InChI is InChI=1S/C27H33N3O3S/c1-5-20(2)30(27(32)28-24-13-9-10-14-25(24)33-4)19-26(31)29(17-22-11-7-6-8-12-22)18-23-16-15-21(3)34-23/h6-16,20H,5,17-19H2,1-4H3,(H,28,32). The van der Waals surface area contributed by atoms with Crippen LogP contribution in [0.2, 0.25) is 0 Å². The summed E-state index contributed by atoms with van der Waals surface area (Å²) in [5.41, 5.74) is 1.63. The van der Waals surface area contributed by atoms with Crippen molar-refractivity contribution in [2.75, 3.05) is 19.0 Å². The van der Waals surface area contributed by atoms with Crippen LogP contribution in [-0.2, 0) is 17.9 Å². The zero-order valence-electron chi connectivity index (χ0n) is 20.3. The van der Waals surface area contributed by atoms with Crippen LogP contribution in [0.3, 0.4) is 0 Å². The lowest BCUT2D eigenvalue weighted by Crippen LogP contribution is -2.47. The molecule has 3 amide bonds. The van der Waals surface area contributed by atoms with Crippen LogP contribution in [0.4, 0.5) is 10.5 Å². The lowest BCUT2D eigenvalue weighted by Gasteiger charge is -2.31. The van der Waals surface area contributed by atoms with Crippen LogP contribution >= 0.6 is 11.3 Å². The van der Waals surface area contributed by atoms with Crippen molar-refractivity contribution in [2.24, 2.45) is 0 Å². The molecule has 2 aromatic carbocycles. The number of amides is 3. The maximum atomic E-state index is 13.6. The van der Waals surface area contributed by atoms with Gasteiger partial charge in [-0.2, -0.15) is 0 Å². The molecule has 7 heteroatoms. The first-order chi connectivity index (χ1) is 16.4. The molecule has 0 spiro atoms. The van der Waals surface area contributed by atoms with E-state index in [2.05, 4.69) is 24.4 Å². The Kier molecular flexibility index (Phi) is 9.10. The van der Waals surface area contributed by atoms with Gasteiger partial charge in [-0.3, -0.25) is 4.79 Å². The number of carbonyl (C=O) groups excluding carboxylic acids is 2. The Hall–Kier alpha value is -3.32. The van der Waals surface area contributed by atoms with Gasteiger partial charge in [0, 0.05) is 22.3 Å². The topological polar surface area (TPSA) is 61.9 Å². The fraction of sp³-hybridized carbons (Fsp3) is 0.333. The largest absolute Gasteiger partial charge is 0.495 e. The second-order valence-corrected chi connectivity index (χ2v) is 9.64. The van der Waals surface area contributed by atoms with Crippen molar-refractivity contribution in [3.05, 3.63) is 82.0 Å². The minimum Gasteiger partial charge on any atom is -0.495 e. The summed E-state index contributed by atoms with van der Waals surface area (Å²) in [7, 11) is 1.56. The van der Waals surface area contributed by atoms with Crippen molar-refractivity contribution >= 4 is 29.0 Å². The number of nitrogens with zero attached hydrogens (tertiary/aromatic N) is 2. The van der Waals surface area contributed by atoms with Gasteiger partial charge in [-0.15, -0.1) is 11.3 Å². The molecule has 3 aromatic rings. The highest BCUT2D eigenvalue weighted by atomic mass is 32.1. The first-order valence-electron chi connectivity index (χ1n) is 11.5. The van der Waals surface area contributed by atoms with Crippen LogP contribution < -0.4 is 10.1 Å². The van der Waals surface area contributed by atoms with Crippen molar-refractivity contribution in [3.63, 3.8) is 0 Å². The normalized spacial score (nSPS) is 11.5. The lowest BCUT2D eigenvalue weighted by atomic mass is 10.2. The Balaban J connectivity index is 1.80. The van der Waals surface area contributed by atoms with Crippen molar-refractivity contribution in [2.45, 2.75) is 46.3 Å². The highest BCUT2D eigenvalue weighted by molar-refractivity contribution is 7.11. The van der Waals surface area contributed by atoms with Crippen molar-refractivity contribution in [1.82, 2.24) is 9.80 Å². The molecule has 0 saturated heterocycles. The van der Waals surface area contributed by atoms with Crippen LogP contribution in [0.1, 0.15) is 35.6 Å². The number of aryl methyl sites for hydroxylation is 1. The van der Waals surface area contributed by atoms with Gasteiger partial charge >= 0.3 is 6.03 Å². The fourth-order valence-corrected chi connectivity index (χ4v) is 4.53. The molecule has 0 aliphatic carbocycles. The van der Waals surface area contributed by atoms with Crippen LogP contribution in [0.25, 0.3) is 0 Å². The van der Waals surface area contributed by atoms with Gasteiger partial charge in [0.05, 0.1) is 19.3 Å². The Bertz CT molecular complexity index is 1080. The summed E-state index contributed by atoms with van der Waals surface area (Å²) < 4.78 is 5.36. The number of carbonyl (C=O) groups is 2. The maximum Gasteiger partial charge on any atom is 0.322 e. The predicted octanol–water partition coefficient (Wildman–Crippen LogP) is 5.93. The molecule has 1 aromatic heterocycles. The number of benzene rings is 2. The molecule has 1 heterocycles. The third-order valence-corrected chi connectivity index (χ3v) is 6.74. The van der Waals surface area contributed by atoms with Crippen LogP contribution in [0.15, 0.2) is 66.7 Å². The summed E-state index contributed by atoms with van der Waals surface area (Å²) in [5.74, 6) is 0.482. The number of urea groups is 1. The quantitative estimate of drug-likeness (QED) is 0.392. The molecule has 0 saturated carbocycles. The van der Waals surface area contributed by atoms with Crippen molar-refractivity contribution in [3.8, 4) is 5.75 Å². The highest BCUT2D eigenvalue weighted by Gasteiger charge is 2.26. The zero-order valence-corrected chi connectivity index (χ0v) is 21.1. The average Bonchev–Trinajstić information content (AvgIpc) is 3.26. The summed E-state index contributed by atoms with van der Waals surface area (Å²) in [6.45, 7) is 7.01.